The summed E-state index contributed by atoms with van der Waals surface area (Å²) in [5, 5.41) is 11.3. The molecule has 138 valence electrons. The van der Waals surface area contributed by atoms with Crippen molar-refractivity contribution >= 4 is 17.2 Å². The summed E-state index contributed by atoms with van der Waals surface area (Å²) >= 11 is 0. The van der Waals surface area contributed by atoms with Gasteiger partial charge in [-0.1, -0.05) is 0 Å². The van der Waals surface area contributed by atoms with E-state index in [4.69, 9.17) is 9.47 Å². The standard InChI is InChI=1S/C17H19FN4O4/c1-25-12-3-4-19-17(9-12)21-7-5-20(6-8-21)14-11-16(26-2)13(18)10-15(14)22(23)24/h3-4,9-11H,5-8H2,1-2H3. The minimum Gasteiger partial charge on any atom is -0.497 e. The van der Waals surface area contributed by atoms with Gasteiger partial charge in [-0.2, -0.15) is 0 Å². The Bertz CT molecular complexity index is 809. The normalized spacial score (nSPS) is 14.3. The molecule has 0 atom stereocenters. The highest BCUT2D eigenvalue weighted by Crippen LogP contribution is 2.35. The van der Waals surface area contributed by atoms with Crippen molar-refractivity contribution in [1.82, 2.24) is 4.98 Å². The molecule has 0 aliphatic carbocycles. The van der Waals surface area contributed by atoms with Crippen LogP contribution in [0.1, 0.15) is 0 Å². The van der Waals surface area contributed by atoms with Crippen molar-refractivity contribution in [1.29, 1.82) is 0 Å². The van der Waals surface area contributed by atoms with Crippen LogP contribution >= 0.6 is 0 Å². The van der Waals surface area contributed by atoms with Crippen LogP contribution in [-0.4, -0.2) is 50.3 Å². The molecule has 3 rings (SSSR count). The molecule has 2 heterocycles. The van der Waals surface area contributed by atoms with Crippen molar-refractivity contribution in [2.45, 2.75) is 0 Å². The van der Waals surface area contributed by atoms with Crippen LogP contribution in [0.5, 0.6) is 11.5 Å². The van der Waals surface area contributed by atoms with E-state index >= 15 is 0 Å². The maximum atomic E-state index is 13.8. The molecular weight excluding hydrogens is 343 g/mol. The van der Waals surface area contributed by atoms with Crippen LogP contribution in [0.3, 0.4) is 0 Å². The van der Waals surface area contributed by atoms with Crippen LogP contribution in [0.25, 0.3) is 0 Å². The van der Waals surface area contributed by atoms with Crippen molar-refractivity contribution in [3.63, 3.8) is 0 Å². The number of nitro groups is 1. The lowest BCUT2D eigenvalue weighted by atomic mass is 10.2. The summed E-state index contributed by atoms with van der Waals surface area (Å²) in [6, 6.07) is 5.91. The fourth-order valence-electron chi connectivity index (χ4n) is 2.96. The first-order valence-electron chi connectivity index (χ1n) is 8.05. The first-order chi connectivity index (χ1) is 12.5. The van der Waals surface area contributed by atoms with E-state index in [-0.39, 0.29) is 11.4 Å². The van der Waals surface area contributed by atoms with Crippen molar-refractivity contribution in [3.05, 3.63) is 46.4 Å². The predicted molar refractivity (Wildman–Crippen MR) is 94.8 cm³/mol. The largest absolute Gasteiger partial charge is 0.497 e. The Morgan fingerprint density at radius 3 is 2.42 bits per heavy atom. The minimum absolute atomic E-state index is 0.0116. The summed E-state index contributed by atoms with van der Waals surface area (Å²) in [5.41, 5.74) is 0.0859. The maximum absolute atomic E-state index is 13.8. The molecule has 0 bridgehead atoms. The molecular formula is C17H19FN4O4. The fourth-order valence-corrected chi connectivity index (χ4v) is 2.96. The van der Waals surface area contributed by atoms with Gasteiger partial charge < -0.3 is 19.3 Å². The third-order valence-corrected chi connectivity index (χ3v) is 4.34. The molecule has 2 aromatic rings. The number of methoxy groups -OCH3 is 2. The molecule has 1 aromatic heterocycles. The molecule has 0 unspecified atom stereocenters. The highest BCUT2D eigenvalue weighted by atomic mass is 19.1. The Morgan fingerprint density at radius 1 is 1.12 bits per heavy atom. The van der Waals surface area contributed by atoms with Gasteiger partial charge in [0.25, 0.3) is 5.69 Å². The highest BCUT2D eigenvalue weighted by molar-refractivity contribution is 5.67. The maximum Gasteiger partial charge on any atom is 0.295 e. The summed E-state index contributed by atoms with van der Waals surface area (Å²) in [4.78, 5) is 19.0. The average Bonchev–Trinajstić information content (AvgIpc) is 2.68. The molecule has 8 nitrogen and oxygen atoms in total. The van der Waals surface area contributed by atoms with Gasteiger partial charge in [-0.15, -0.1) is 0 Å². The SMILES string of the molecule is COc1ccnc(N2CCN(c3cc(OC)c(F)cc3[N+](=O)[O-])CC2)c1. The van der Waals surface area contributed by atoms with Crippen LogP contribution in [0.2, 0.25) is 0 Å². The van der Waals surface area contributed by atoms with Crippen LogP contribution in [0.15, 0.2) is 30.5 Å². The lowest BCUT2D eigenvalue weighted by Gasteiger charge is -2.36. The monoisotopic (exact) mass is 362 g/mol. The molecule has 1 saturated heterocycles. The molecule has 0 N–H and O–H groups in total. The second-order valence-electron chi connectivity index (χ2n) is 5.76. The number of nitrogens with zero attached hydrogens (tertiary/aromatic N) is 4. The van der Waals surface area contributed by atoms with Gasteiger partial charge in [-0.3, -0.25) is 10.1 Å². The third kappa shape index (κ3) is 3.46. The third-order valence-electron chi connectivity index (χ3n) is 4.34. The number of halogens is 1. The van der Waals surface area contributed by atoms with Gasteiger partial charge in [0.2, 0.25) is 0 Å². The van der Waals surface area contributed by atoms with Gasteiger partial charge in [0.05, 0.1) is 25.2 Å². The number of benzene rings is 1. The number of nitro benzene ring substituents is 1. The zero-order valence-electron chi connectivity index (χ0n) is 14.5. The zero-order chi connectivity index (χ0) is 18.7. The minimum atomic E-state index is -0.748. The number of aromatic nitrogens is 1. The summed E-state index contributed by atoms with van der Waals surface area (Å²) in [7, 11) is 2.93. The van der Waals surface area contributed by atoms with E-state index in [1.165, 1.54) is 13.2 Å². The smallest absolute Gasteiger partial charge is 0.295 e. The second-order valence-corrected chi connectivity index (χ2v) is 5.76. The number of anilines is 2. The Labute approximate surface area is 149 Å². The first-order valence-corrected chi connectivity index (χ1v) is 8.05. The summed E-state index contributed by atoms with van der Waals surface area (Å²) in [6.07, 6.45) is 1.68. The van der Waals surface area contributed by atoms with E-state index in [0.29, 0.717) is 31.9 Å². The average molecular weight is 362 g/mol. The lowest BCUT2D eigenvalue weighted by molar-refractivity contribution is -0.384. The first kappa shape index (κ1) is 17.7. The molecule has 1 aliphatic rings. The number of hydrogen-bond donors (Lipinski definition) is 0. The van der Waals surface area contributed by atoms with Crippen molar-refractivity contribution in [2.75, 3.05) is 50.2 Å². The Balaban J connectivity index is 1.80. The van der Waals surface area contributed by atoms with Crippen molar-refractivity contribution in [2.24, 2.45) is 0 Å². The van der Waals surface area contributed by atoms with Gasteiger partial charge in [-0.25, -0.2) is 9.37 Å². The van der Waals surface area contributed by atoms with E-state index in [0.717, 1.165) is 17.6 Å². The van der Waals surface area contributed by atoms with Crippen LogP contribution in [0.4, 0.5) is 21.6 Å². The summed E-state index contributed by atoms with van der Waals surface area (Å²) < 4.78 is 24.0. The number of hydrogen-bond acceptors (Lipinski definition) is 7. The Kier molecular flexibility index (Phi) is 5.06. The Hall–Kier alpha value is -3.10. The fraction of sp³-hybridized carbons (Fsp3) is 0.353. The molecule has 1 aromatic carbocycles. The van der Waals surface area contributed by atoms with E-state index < -0.39 is 10.7 Å². The van der Waals surface area contributed by atoms with Gasteiger partial charge in [-0.05, 0) is 6.07 Å². The van der Waals surface area contributed by atoms with E-state index in [9.17, 15) is 14.5 Å². The quantitative estimate of drug-likeness (QED) is 0.597. The zero-order valence-corrected chi connectivity index (χ0v) is 14.5. The molecule has 0 spiro atoms. The van der Waals surface area contributed by atoms with E-state index in [1.54, 1.807) is 19.4 Å². The molecule has 1 fully saturated rings. The second kappa shape index (κ2) is 7.42. The van der Waals surface area contributed by atoms with Gasteiger partial charge >= 0.3 is 0 Å². The van der Waals surface area contributed by atoms with Crippen LogP contribution in [-0.2, 0) is 0 Å². The molecule has 1 aliphatic heterocycles. The summed E-state index contributed by atoms with van der Waals surface area (Å²) in [5.74, 6) is 0.746. The highest BCUT2D eigenvalue weighted by Gasteiger charge is 2.26. The van der Waals surface area contributed by atoms with Crippen LogP contribution in [0, 0.1) is 15.9 Å². The van der Waals surface area contributed by atoms with Gasteiger partial charge in [0.1, 0.15) is 17.3 Å². The predicted octanol–water partition coefficient (Wildman–Crippen LogP) is 2.47. The molecule has 26 heavy (non-hydrogen) atoms. The number of rotatable bonds is 5. The van der Waals surface area contributed by atoms with Gasteiger partial charge in [0.15, 0.2) is 11.6 Å². The molecule has 0 saturated carbocycles. The van der Waals surface area contributed by atoms with Gasteiger partial charge in [0, 0.05) is 44.5 Å². The number of pyridine rings is 1. The van der Waals surface area contributed by atoms with Crippen molar-refractivity contribution in [3.8, 4) is 11.5 Å². The van der Waals surface area contributed by atoms with Crippen molar-refractivity contribution < 1.29 is 18.8 Å². The molecule has 0 amide bonds. The number of ether oxygens (including phenoxy) is 2. The molecule has 0 radical (unpaired) electrons. The van der Waals surface area contributed by atoms with E-state index in [1.807, 2.05) is 11.0 Å². The molecule has 9 heteroatoms. The summed E-state index contributed by atoms with van der Waals surface area (Å²) in [6.45, 7) is 2.32. The van der Waals surface area contributed by atoms with Crippen LogP contribution < -0.4 is 19.3 Å². The topological polar surface area (TPSA) is 81.0 Å². The Morgan fingerprint density at radius 2 is 1.81 bits per heavy atom. The van der Waals surface area contributed by atoms with E-state index in [2.05, 4.69) is 9.88 Å². The number of piperazine rings is 1. The lowest BCUT2D eigenvalue weighted by Crippen LogP contribution is -2.47.